The number of nitrogens with zero attached hydrogens (tertiary/aromatic N) is 4. The van der Waals surface area contributed by atoms with E-state index >= 15 is 0 Å². The van der Waals surface area contributed by atoms with Crippen molar-refractivity contribution in [2.75, 3.05) is 20.1 Å². The number of carboxylic acid groups (broad SMARTS) is 1. The standard InChI is InChI=1S/C21H23ClN4O2/c1-25-8-5-16-17-11-15(22)2-3-19(17)26(20(16)6-9-25)12-14(10-21(27)28)18-4-7-23-13-24-18/h2-4,7,11,13-14H,5-6,8-10,12H2,1H3,(H,27,28). The van der Waals surface area contributed by atoms with E-state index in [1.807, 2.05) is 24.3 Å². The number of carboxylic acids is 1. The second kappa shape index (κ2) is 7.89. The van der Waals surface area contributed by atoms with Gasteiger partial charge in [-0.25, -0.2) is 9.97 Å². The minimum absolute atomic E-state index is 0.0267. The van der Waals surface area contributed by atoms with Gasteiger partial charge in [0, 0.05) is 65.5 Å². The highest BCUT2D eigenvalue weighted by atomic mass is 35.5. The zero-order valence-corrected chi connectivity index (χ0v) is 16.6. The number of hydrogen-bond acceptors (Lipinski definition) is 4. The van der Waals surface area contributed by atoms with Gasteiger partial charge in [-0.1, -0.05) is 11.6 Å². The first kappa shape index (κ1) is 18.9. The fourth-order valence-corrected chi connectivity index (χ4v) is 4.34. The summed E-state index contributed by atoms with van der Waals surface area (Å²) in [5.41, 5.74) is 4.49. The number of rotatable bonds is 5. The highest BCUT2D eigenvalue weighted by Gasteiger charge is 2.24. The molecule has 0 fully saturated rings. The van der Waals surface area contributed by atoms with E-state index in [-0.39, 0.29) is 12.3 Å². The van der Waals surface area contributed by atoms with Crippen LogP contribution in [-0.2, 0) is 24.2 Å². The Balaban J connectivity index is 1.81. The topological polar surface area (TPSA) is 71.2 Å². The number of benzene rings is 1. The van der Waals surface area contributed by atoms with Crippen LogP contribution in [0.4, 0.5) is 0 Å². The first-order chi connectivity index (χ1) is 13.5. The van der Waals surface area contributed by atoms with Crippen LogP contribution >= 0.6 is 11.6 Å². The first-order valence-corrected chi connectivity index (χ1v) is 9.86. The Bertz CT molecular complexity index is 1000. The van der Waals surface area contributed by atoms with E-state index in [2.05, 4.69) is 26.5 Å². The summed E-state index contributed by atoms with van der Waals surface area (Å²) < 4.78 is 2.29. The number of aromatic nitrogens is 3. The first-order valence-electron chi connectivity index (χ1n) is 9.48. The highest BCUT2D eigenvalue weighted by molar-refractivity contribution is 6.31. The SMILES string of the molecule is CN1CCc2c(n(CC(CC(=O)O)c3ccncn3)c3ccc(Cl)cc23)CC1. The number of halogens is 1. The maximum atomic E-state index is 11.5. The molecule has 1 unspecified atom stereocenters. The predicted molar refractivity (Wildman–Crippen MR) is 109 cm³/mol. The molecule has 0 radical (unpaired) electrons. The van der Waals surface area contributed by atoms with Crippen molar-refractivity contribution in [2.45, 2.75) is 31.7 Å². The third kappa shape index (κ3) is 3.75. The Labute approximate surface area is 168 Å². The monoisotopic (exact) mass is 398 g/mol. The molecule has 1 atom stereocenters. The molecule has 7 heteroatoms. The van der Waals surface area contributed by atoms with Crippen molar-refractivity contribution in [2.24, 2.45) is 0 Å². The number of carbonyl (C=O) groups is 1. The largest absolute Gasteiger partial charge is 0.481 e. The maximum absolute atomic E-state index is 11.5. The van der Waals surface area contributed by atoms with Crippen LogP contribution in [0, 0.1) is 0 Å². The minimum Gasteiger partial charge on any atom is -0.481 e. The normalized spacial score (nSPS) is 15.9. The number of hydrogen-bond donors (Lipinski definition) is 1. The van der Waals surface area contributed by atoms with Crippen molar-refractivity contribution in [1.82, 2.24) is 19.4 Å². The van der Waals surface area contributed by atoms with Gasteiger partial charge in [0.1, 0.15) is 6.33 Å². The molecule has 0 bridgehead atoms. The van der Waals surface area contributed by atoms with Crippen LogP contribution < -0.4 is 0 Å². The van der Waals surface area contributed by atoms with E-state index in [4.69, 9.17) is 11.6 Å². The number of aliphatic carboxylic acids is 1. The molecule has 6 nitrogen and oxygen atoms in total. The summed E-state index contributed by atoms with van der Waals surface area (Å²) in [5.74, 6) is -1.05. The summed E-state index contributed by atoms with van der Waals surface area (Å²) in [6.07, 6.45) is 5.07. The van der Waals surface area contributed by atoms with Crippen molar-refractivity contribution in [3.63, 3.8) is 0 Å². The molecule has 1 N–H and O–H groups in total. The second-order valence-corrected chi connectivity index (χ2v) is 7.87. The molecule has 1 aromatic carbocycles. The van der Waals surface area contributed by atoms with Crippen molar-refractivity contribution < 1.29 is 9.90 Å². The molecule has 28 heavy (non-hydrogen) atoms. The second-order valence-electron chi connectivity index (χ2n) is 7.43. The summed E-state index contributed by atoms with van der Waals surface area (Å²) >= 11 is 6.30. The van der Waals surface area contributed by atoms with E-state index in [1.54, 1.807) is 6.20 Å². The van der Waals surface area contributed by atoms with Crippen LogP contribution in [0.2, 0.25) is 5.02 Å². The van der Waals surface area contributed by atoms with Gasteiger partial charge in [-0.2, -0.15) is 0 Å². The quantitative estimate of drug-likeness (QED) is 0.713. The van der Waals surface area contributed by atoms with Crippen LogP contribution in [0.1, 0.15) is 29.3 Å². The van der Waals surface area contributed by atoms with Gasteiger partial charge in [0.2, 0.25) is 0 Å². The molecule has 0 spiro atoms. The van der Waals surface area contributed by atoms with E-state index < -0.39 is 5.97 Å². The summed E-state index contributed by atoms with van der Waals surface area (Å²) in [7, 11) is 2.14. The Morgan fingerprint density at radius 3 is 2.86 bits per heavy atom. The molecule has 3 aromatic rings. The van der Waals surface area contributed by atoms with Gasteiger partial charge in [-0.05, 0) is 43.3 Å². The zero-order chi connectivity index (χ0) is 19.7. The van der Waals surface area contributed by atoms with E-state index in [1.165, 1.54) is 23.0 Å². The van der Waals surface area contributed by atoms with Crippen LogP contribution in [0.5, 0.6) is 0 Å². The van der Waals surface area contributed by atoms with Crippen LogP contribution in [0.15, 0.2) is 36.8 Å². The van der Waals surface area contributed by atoms with Crippen molar-refractivity contribution >= 4 is 28.5 Å². The van der Waals surface area contributed by atoms with Crippen LogP contribution in [0.25, 0.3) is 10.9 Å². The van der Waals surface area contributed by atoms with Gasteiger partial charge >= 0.3 is 5.97 Å². The molecule has 0 saturated carbocycles. The van der Waals surface area contributed by atoms with Gasteiger partial charge in [-0.15, -0.1) is 0 Å². The lowest BCUT2D eigenvalue weighted by molar-refractivity contribution is -0.137. The Hall–Kier alpha value is -2.44. The fourth-order valence-electron chi connectivity index (χ4n) is 4.17. The van der Waals surface area contributed by atoms with Crippen molar-refractivity contribution in [1.29, 1.82) is 0 Å². The van der Waals surface area contributed by atoms with Gasteiger partial charge in [0.15, 0.2) is 0 Å². The van der Waals surface area contributed by atoms with E-state index in [0.29, 0.717) is 6.54 Å². The molecule has 1 aliphatic heterocycles. The maximum Gasteiger partial charge on any atom is 0.304 e. The lowest BCUT2D eigenvalue weighted by Crippen LogP contribution is -2.22. The molecule has 146 valence electrons. The average Bonchev–Trinajstić information content (AvgIpc) is 2.81. The van der Waals surface area contributed by atoms with Crippen molar-refractivity contribution in [3.8, 4) is 0 Å². The van der Waals surface area contributed by atoms with Gasteiger partial charge in [0.05, 0.1) is 6.42 Å². The van der Waals surface area contributed by atoms with Gasteiger partial charge in [-0.3, -0.25) is 4.79 Å². The minimum atomic E-state index is -0.825. The zero-order valence-electron chi connectivity index (χ0n) is 15.8. The lowest BCUT2D eigenvalue weighted by Gasteiger charge is -2.19. The summed E-state index contributed by atoms with van der Waals surface area (Å²) in [6.45, 7) is 2.55. The molecule has 3 heterocycles. The molecular formula is C21H23ClN4O2. The molecule has 1 aliphatic rings. The molecule has 2 aromatic heterocycles. The summed E-state index contributed by atoms with van der Waals surface area (Å²) in [6, 6.07) is 7.80. The van der Waals surface area contributed by atoms with Crippen LogP contribution in [0.3, 0.4) is 0 Å². The van der Waals surface area contributed by atoms with E-state index in [0.717, 1.165) is 42.2 Å². The molecule has 0 aliphatic carbocycles. The van der Waals surface area contributed by atoms with Gasteiger partial charge in [0.25, 0.3) is 0 Å². The highest BCUT2D eigenvalue weighted by Crippen LogP contribution is 2.33. The van der Waals surface area contributed by atoms with Gasteiger partial charge < -0.3 is 14.6 Å². The third-order valence-electron chi connectivity index (χ3n) is 5.57. The van der Waals surface area contributed by atoms with Crippen LogP contribution in [-0.4, -0.2) is 50.6 Å². The lowest BCUT2D eigenvalue weighted by atomic mass is 10.0. The number of likely N-dealkylation sites (N-methyl/N-ethyl adjacent to an activating group) is 1. The van der Waals surface area contributed by atoms with E-state index in [9.17, 15) is 9.90 Å². The average molecular weight is 399 g/mol. The smallest absolute Gasteiger partial charge is 0.304 e. The Morgan fingerprint density at radius 1 is 1.29 bits per heavy atom. The Kier molecular flexibility index (Phi) is 5.33. The Morgan fingerprint density at radius 2 is 2.11 bits per heavy atom. The molecular weight excluding hydrogens is 376 g/mol. The molecule has 4 rings (SSSR count). The summed E-state index contributed by atoms with van der Waals surface area (Å²) in [5, 5.41) is 11.4. The fraction of sp³-hybridized carbons (Fsp3) is 0.381. The van der Waals surface area contributed by atoms with Crippen molar-refractivity contribution in [3.05, 3.63) is 58.8 Å². The predicted octanol–water partition coefficient (Wildman–Crippen LogP) is 3.37. The third-order valence-corrected chi connectivity index (χ3v) is 5.80. The summed E-state index contributed by atoms with van der Waals surface area (Å²) in [4.78, 5) is 22.2. The molecule has 0 amide bonds. The molecule has 0 saturated heterocycles. The number of fused-ring (bicyclic) bond motifs is 3.